The van der Waals surface area contributed by atoms with E-state index in [2.05, 4.69) is 23.0 Å². The first kappa shape index (κ1) is 21.3. The van der Waals surface area contributed by atoms with Crippen LogP contribution in [0.25, 0.3) is 0 Å². The summed E-state index contributed by atoms with van der Waals surface area (Å²) in [4.78, 5) is 4.33. The average molecular weight is 342 g/mol. The lowest BCUT2D eigenvalue weighted by molar-refractivity contribution is -0.00729. The van der Waals surface area contributed by atoms with Crippen molar-refractivity contribution in [3.63, 3.8) is 0 Å². The largest absolute Gasteiger partial charge is 0.394 e. The molecular formula is C18H34N2O4. The summed E-state index contributed by atoms with van der Waals surface area (Å²) in [5, 5.41) is 38.1. The molecule has 0 amide bonds. The van der Waals surface area contributed by atoms with Crippen molar-refractivity contribution in [3.05, 3.63) is 25.3 Å². The van der Waals surface area contributed by atoms with E-state index in [-0.39, 0.29) is 25.3 Å². The van der Waals surface area contributed by atoms with Gasteiger partial charge in [-0.15, -0.1) is 13.2 Å². The fraction of sp³-hybridized carbons (Fsp3) is 0.778. The molecule has 0 bridgehead atoms. The Labute approximate surface area is 145 Å². The molecule has 4 atom stereocenters. The van der Waals surface area contributed by atoms with Gasteiger partial charge in [0.1, 0.15) is 0 Å². The van der Waals surface area contributed by atoms with Crippen LogP contribution in [0.1, 0.15) is 25.7 Å². The van der Waals surface area contributed by atoms with Gasteiger partial charge in [-0.2, -0.15) is 0 Å². The maximum atomic E-state index is 9.87. The van der Waals surface area contributed by atoms with Crippen molar-refractivity contribution in [2.24, 2.45) is 0 Å². The summed E-state index contributed by atoms with van der Waals surface area (Å²) < 4.78 is 0. The summed E-state index contributed by atoms with van der Waals surface area (Å²) in [5.74, 6) is 0. The van der Waals surface area contributed by atoms with Crippen molar-refractivity contribution in [1.29, 1.82) is 0 Å². The van der Waals surface area contributed by atoms with E-state index in [0.717, 1.165) is 25.7 Å². The van der Waals surface area contributed by atoms with Gasteiger partial charge >= 0.3 is 0 Å². The van der Waals surface area contributed by atoms with Crippen molar-refractivity contribution in [3.8, 4) is 0 Å². The molecule has 6 nitrogen and oxygen atoms in total. The molecule has 0 aromatic heterocycles. The van der Waals surface area contributed by atoms with Gasteiger partial charge in [0.05, 0.1) is 25.4 Å². The van der Waals surface area contributed by atoms with Crippen LogP contribution in [0.3, 0.4) is 0 Å². The van der Waals surface area contributed by atoms with Crippen LogP contribution in [-0.2, 0) is 0 Å². The Morgan fingerprint density at radius 3 is 1.50 bits per heavy atom. The first-order valence-corrected chi connectivity index (χ1v) is 8.85. The highest BCUT2D eigenvalue weighted by molar-refractivity contribution is 4.94. The molecular weight excluding hydrogens is 308 g/mol. The predicted molar refractivity (Wildman–Crippen MR) is 95.8 cm³/mol. The highest BCUT2D eigenvalue weighted by Crippen LogP contribution is 2.28. The standard InChI is InChI=1S/C18H34N2O4/c1-3-9-19(11-15(23)13-21)17-7-5-6-8-18(17)20(10-4-2)12-16(24)14-22/h3-4,15-18,21-24H,1-2,5-14H2/t15?,16?,17-,18?/m1/s1. The van der Waals surface area contributed by atoms with Crippen LogP contribution in [0.5, 0.6) is 0 Å². The van der Waals surface area contributed by atoms with E-state index in [4.69, 9.17) is 0 Å². The van der Waals surface area contributed by atoms with Gasteiger partial charge in [-0.25, -0.2) is 0 Å². The van der Waals surface area contributed by atoms with E-state index in [0.29, 0.717) is 26.2 Å². The van der Waals surface area contributed by atoms with Gasteiger partial charge in [0.25, 0.3) is 0 Å². The average Bonchev–Trinajstić information content (AvgIpc) is 2.60. The minimum absolute atomic E-state index is 0.212. The fourth-order valence-corrected chi connectivity index (χ4v) is 3.62. The fourth-order valence-electron chi connectivity index (χ4n) is 3.62. The molecule has 1 aliphatic carbocycles. The summed E-state index contributed by atoms with van der Waals surface area (Å²) in [5.41, 5.74) is 0. The third kappa shape index (κ3) is 6.63. The van der Waals surface area contributed by atoms with Crippen LogP contribution in [-0.4, -0.2) is 93.9 Å². The van der Waals surface area contributed by atoms with Crippen LogP contribution in [0.4, 0.5) is 0 Å². The minimum atomic E-state index is -0.775. The van der Waals surface area contributed by atoms with Gasteiger partial charge in [0.2, 0.25) is 0 Å². The molecule has 24 heavy (non-hydrogen) atoms. The SMILES string of the molecule is C=CCN(CC(O)CO)C1CCCC[C@H]1N(CC=C)CC(O)CO. The van der Waals surface area contributed by atoms with Gasteiger partial charge < -0.3 is 20.4 Å². The maximum Gasteiger partial charge on any atom is 0.0897 e. The molecule has 1 aliphatic rings. The van der Waals surface area contributed by atoms with Gasteiger partial charge in [0, 0.05) is 38.3 Å². The second-order valence-electron chi connectivity index (χ2n) is 6.58. The lowest BCUT2D eigenvalue weighted by Crippen LogP contribution is -2.56. The molecule has 140 valence electrons. The molecule has 0 radical (unpaired) electrons. The van der Waals surface area contributed by atoms with E-state index in [1.54, 1.807) is 0 Å². The van der Waals surface area contributed by atoms with Crippen LogP contribution in [0.15, 0.2) is 25.3 Å². The molecule has 1 fully saturated rings. The zero-order valence-electron chi connectivity index (χ0n) is 14.6. The van der Waals surface area contributed by atoms with Crippen LogP contribution in [0.2, 0.25) is 0 Å². The Bertz CT molecular complexity index is 333. The first-order valence-electron chi connectivity index (χ1n) is 8.85. The zero-order valence-corrected chi connectivity index (χ0v) is 14.6. The van der Waals surface area contributed by atoms with Gasteiger partial charge in [-0.05, 0) is 12.8 Å². The normalized spacial score (nSPS) is 24.1. The van der Waals surface area contributed by atoms with Gasteiger partial charge in [-0.3, -0.25) is 9.80 Å². The number of aliphatic hydroxyl groups is 4. The molecule has 0 spiro atoms. The molecule has 0 aromatic carbocycles. The lowest BCUT2D eigenvalue weighted by atomic mass is 9.87. The third-order valence-corrected chi connectivity index (χ3v) is 4.67. The predicted octanol–water partition coefficient (Wildman–Crippen LogP) is -0.0200. The Morgan fingerprint density at radius 2 is 1.21 bits per heavy atom. The molecule has 0 aromatic rings. The Kier molecular flexibility index (Phi) is 10.4. The summed E-state index contributed by atoms with van der Waals surface area (Å²) in [6.07, 6.45) is 6.32. The monoisotopic (exact) mass is 342 g/mol. The summed E-state index contributed by atoms with van der Waals surface area (Å²) >= 11 is 0. The van der Waals surface area contributed by atoms with Crippen molar-refractivity contribution >= 4 is 0 Å². The third-order valence-electron chi connectivity index (χ3n) is 4.67. The summed E-state index contributed by atoms with van der Waals surface area (Å²) in [6, 6.07) is 0.424. The molecule has 4 N–H and O–H groups in total. The summed E-state index contributed by atoms with van der Waals surface area (Å²) in [6.45, 7) is 9.17. The molecule has 0 heterocycles. The summed E-state index contributed by atoms with van der Waals surface area (Å²) in [7, 11) is 0. The van der Waals surface area contributed by atoms with Crippen LogP contribution < -0.4 is 0 Å². The number of rotatable bonds is 12. The van der Waals surface area contributed by atoms with Crippen molar-refractivity contribution in [2.45, 2.75) is 50.0 Å². The van der Waals surface area contributed by atoms with Crippen molar-refractivity contribution in [2.75, 3.05) is 39.4 Å². The Balaban J connectivity index is 2.92. The Morgan fingerprint density at radius 1 is 0.833 bits per heavy atom. The van der Waals surface area contributed by atoms with E-state index in [1.165, 1.54) is 0 Å². The minimum Gasteiger partial charge on any atom is -0.394 e. The second kappa shape index (κ2) is 11.7. The van der Waals surface area contributed by atoms with E-state index < -0.39 is 12.2 Å². The maximum absolute atomic E-state index is 9.87. The number of aliphatic hydroxyl groups excluding tert-OH is 4. The van der Waals surface area contributed by atoms with Crippen LogP contribution in [0, 0.1) is 0 Å². The molecule has 1 rings (SSSR count). The number of hydrogen-bond acceptors (Lipinski definition) is 6. The zero-order chi connectivity index (χ0) is 17.9. The van der Waals surface area contributed by atoms with Crippen molar-refractivity contribution in [1.82, 2.24) is 9.80 Å². The first-order chi connectivity index (χ1) is 11.6. The highest BCUT2D eigenvalue weighted by atomic mass is 16.3. The van der Waals surface area contributed by atoms with E-state index in [1.807, 2.05) is 12.2 Å². The van der Waals surface area contributed by atoms with Crippen LogP contribution >= 0.6 is 0 Å². The topological polar surface area (TPSA) is 87.4 Å². The molecule has 6 heteroatoms. The molecule has 0 saturated heterocycles. The molecule has 0 aliphatic heterocycles. The van der Waals surface area contributed by atoms with E-state index in [9.17, 15) is 20.4 Å². The van der Waals surface area contributed by atoms with Gasteiger partial charge in [-0.1, -0.05) is 25.0 Å². The molecule has 3 unspecified atom stereocenters. The second-order valence-corrected chi connectivity index (χ2v) is 6.58. The van der Waals surface area contributed by atoms with E-state index >= 15 is 0 Å². The Hall–Kier alpha value is -0.760. The highest BCUT2D eigenvalue weighted by Gasteiger charge is 2.34. The lowest BCUT2D eigenvalue weighted by Gasteiger charge is -2.45. The number of hydrogen-bond donors (Lipinski definition) is 4. The smallest absolute Gasteiger partial charge is 0.0897 e. The quantitative estimate of drug-likeness (QED) is 0.373. The van der Waals surface area contributed by atoms with Gasteiger partial charge in [0.15, 0.2) is 0 Å². The number of nitrogens with zero attached hydrogens (tertiary/aromatic N) is 2. The molecule has 1 saturated carbocycles. The van der Waals surface area contributed by atoms with Crippen molar-refractivity contribution < 1.29 is 20.4 Å².